The van der Waals surface area contributed by atoms with Crippen LogP contribution in [0.3, 0.4) is 0 Å². The minimum absolute atomic E-state index is 0.195. The summed E-state index contributed by atoms with van der Waals surface area (Å²) in [5.41, 5.74) is 4.17. The molecule has 0 saturated carbocycles. The number of carbonyl (C=O) groups is 1. The van der Waals surface area contributed by atoms with Gasteiger partial charge in [-0.2, -0.15) is 5.10 Å². The van der Waals surface area contributed by atoms with Crippen LogP contribution < -0.4 is 19.6 Å². The molecule has 0 fully saturated rings. The Morgan fingerprint density at radius 3 is 2.33 bits per heavy atom. The molecule has 0 bridgehead atoms. The molecular formula is C18H20N2O4. The molecule has 0 saturated heterocycles. The van der Waals surface area contributed by atoms with Crippen molar-refractivity contribution in [2.45, 2.75) is 6.42 Å². The number of hydrogen-bond donors (Lipinski definition) is 1. The molecule has 0 heterocycles. The van der Waals surface area contributed by atoms with E-state index in [2.05, 4.69) is 10.5 Å². The van der Waals surface area contributed by atoms with Crippen LogP contribution in [0.25, 0.3) is 0 Å². The largest absolute Gasteiger partial charge is 0.497 e. The Kier molecular flexibility index (Phi) is 6.19. The zero-order chi connectivity index (χ0) is 17.4. The van der Waals surface area contributed by atoms with Gasteiger partial charge in [-0.05, 0) is 47.5 Å². The molecule has 0 spiro atoms. The zero-order valence-corrected chi connectivity index (χ0v) is 13.9. The van der Waals surface area contributed by atoms with Crippen molar-refractivity contribution in [2.24, 2.45) is 5.10 Å². The van der Waals surface area contributed by atoms with E-state index in [4.69, 9.17) is 14.2 Å². The first-order valence-electron chi connectivity index (χ1n) is 7.33. The Hall–Kier alpha value is -3.02. The number of hydrazone groups is 1. The van der Waals surface area contributed by atoms with Gasteiger partial charge in [-0.25, -0.2) is 5.43 Å². The minimum atomic E-state index is -0.216. The first-order valence-corrected chi connectivity index (χ1v) is 7.33. The van der Waals surface area contributed by atoms with E-state index in [1.807, 2.05) is 30.3 Å². The molecule has 1 N–H and O–H groups in total. The summed E-state index contributed by atoms with van der Waals surface area (Å²) in [5.74, 6) is 1.76. The molecule has 0 aliphatic carbocycles. The predicted molar refractivity (Wildman–Crippen MR) is 92.0 cm³/mol. The number of ether oxygens (including phenoxy) is 3. The third-order valence-electron chi connectivity index (χ3n) is 3.33. The van der Waals surface area contributed by atoms with Crippen molar-refractivity contribution in [3.8, 4) is 17.2 Å². The number of nitrogens with zero attached hydrogens (tertiary/aromatic N) is 1. The fourth-order valence-corrected chi connectivity index (χ4v) is 2.08. The highest BCUT2D eigenvalue weighted by Crippen LogP contribution is 2.27. The highest BCUT2D eigenvalue weighted by molar-refractivity contribution is 5.83. The summed E-state index contributed by atoms with van der Waals surface area (Å²) in [4.78, 5) is 11.9. The third-order valence-corrected chi connectivity index (χ3v) is 3.33. The Balaban J connectivity index is 1.91. The lowest BCUT2D eigenvalue weighted by Gasteiger charge is -2.09. The molecule has 0 aromatic heterocycles. The molecule has 2 aromatic carbocycles. The number of nitrogens with one attached hydrogen (secondary N) is 1. The molecule has 6 heteroatoms. The number of carbonyl (C=O) groups excluding carboxylic acids is 1. The van der Waals surface area contributed by atoms with Gasteiger partial charge in [0.25, 0.3) is 0 Å². The highest BCUT2D eigenvalue weighted by atomic mass is 16.5. The number of amides is 1. The molecule has 0 aliphatic heterocycles. The quantitative estimate of drug-likeness (QED) is 0.626. The second-order valence-electron chi connectivity index (χ2n) is 4.93. The maximum atomic E-state index is 11.9. The normalized spacial score (nSPS) is 10.5. The van der Waals surface area contributed by atoms with Gasteiger partial charge in [0.1, 0.15) is 5.75 Å². The molecule has 6 nitrogen and oxygen atoms in total. The van der Waals surface area contributed by atoms with Crippen LogP contribution in [-0.2, 0) is 11.2 Å². The van der Waals surface area contributed by atoms with E-state index >= 15 is 0 Å². The van der Waals surface area contributed by atoms with Crippen molar-refractivity contribution < 1.29 is 19.0 Å². The van der Waals surface area contributed by atoms with E-state index < -0.39 is 0 Å². The first kappa shape index (κ1) is 17.3. The monoisotopic (exact) mass is 328 g/mol. The standard InChI is InChI=1S/C18H20N2O4/c1-22-15-7-4-13(5-8-15)12-19-20-18(21)11-14-6-9-16(23-2)17(10-14)24-3/h4-10,12H,11H2,1-3H3,(H,20,21)/b19-12+. The van der Waals surface area contributed by atoms with Gasteiger partial charge in [-0.3, -0.25) is 4.79 Å². The van der Waals surface area contributed by atoms with E-state index in [-0.39, 0.29) is 12.3 Å². The van der Waals surface area contributed by atoms with Crippen molar-refractivity contribution in [3.63, 3.8) is 0 Å². The van der Waals surface area contributed by atoms with Gasteiger partial charge >= 0.3 is 0 Å². The van der Waals surface area contributed by atoms with Crippen LogP contribution in [0, 0.1) is 0 Å². The van der Waals surface area contributed by atoms with Crippen molar-refractivity contribution in [1.29, 1.82) is 0 Å². The molecule has 2 rings (SSSR count). The van der Waals surface area contributed by atoms with Crippen molar-refractivity contribution >= 4 is 12.1 Å². The number of benzene rings is 2. The first-order chi connectivity index (χ1) is 11.7. The fraction of sp³-hybridized carbons (Fsp3) is 0.222. The summed E-state index contributed by atoms with van der Waals surface area (Å²) >= 11 is 0. The maximum Gasteiger partial charge on any atom is 0.244 e. The van der Waals surface area contributed by atoms with Crippen LogP contribution in [0.5, 0.6) is 17.2 Å². The van der Waals surface area contributed by atoms with E-state index in [0.29, 0.717) is 11.5 Å². The van der Waals surface area contributed by atoms with Crippen LogP contribution in [0.15, 0.2) is 47.6 Å². The van der Waals surface area contributed by atoms with E-state index in [9.17, 15) is 4.79 Å². The summed E-state index contributed by atoms with van der Waals surface area (Å²) in [6.07, 6.45) is 1.77. The van der Waals surface area contributed by atoms with Crippen molar-refractivity contribution in [3.05, 3.63) is 53.6 Å². The van der Waals surface area contributed by atoms with Crippen LogP contribution in [0.1, 0.15) is 11.1 Å². The molecule has 2 aromatic rings. The third kappa shape index (κ3) is 4.74. The van der Waals surface area contributed by atoms with Crippen LogP contribution in [0.4, 0.5) is 0 Å². The Labute approximate surface area is 141 Å². The van der Waals surface area contributed by atoms with Gasteiger partial charge in [0.05, 0.1) is 34.0 Å². The van der Waals surface area contributed by atoms with Crippen LogP contribution in [0.2, 0.25) is 0 Å². The fourth-order valence-electron chi connectivity index (χ4n) is 2.08. The van der Waals surface area contributed by atoms with Gasteiger partial charge in [-0.15, -0.1) is 0 Å². The summed E-state index contributed by atoms with van der Waals surface area (Å²) in [6, 6.07) is 12.7. The van der Waals surface area contributed by atoms with Gasteiger partial charge < -0.3 is 14.2 Å². The molecule has 0 aliphatic rings. The molecule has 1 amide bonds. The summed E-state index contributed by atoms with van der Waals surface area (Å²) < 4.78 is 15.5. The lowest BCUT2D eigenvalue weighted by Crippen LogP contribution is -2.19. The van der Waals surface area contributed by atoms with Crippen LogP contribution >= 0.6 is 0 Å². The SMILES string of the molecule is COc1ccc(/C=N/NC(=O)Cc2ccc(OC)c(OC)c2)cc1. The van der Waals surface area contributed by atoms with Gasteiger partial charge in [-0.1, -0.05) is 6.07 Å². The molecule has 0 radical (unpaired) electrons. The zero-order valence-electron chi connectivity index (χ0n) is 13.9. The molecule has 0 unspecified atom stereocenters. The van der Waals surface area contributed by atoms with Gasteiger partial charge in [0, 0.05) is 0 Å². The average molecular weight is 328 g/mol. The lowest BCUT2D eigenvalue weighted by molar-refractivity contribution is -0.120. The van der Waals surface area contributed by atoms with Crippen LogP contribution in [-0.4, -0.2) is 33.5 Å². The summed E-state index contributed by atoms with van der Waals surface area (Å²) in [7, 11) is 4.73. The predicted octanol–water partition coefficient (Wildman–Crippen LogP) is 2.41. The molecular weight excluding hydrogens is 308 g/mol. The Morgan fingerprint density at radius 2 is 1.71 bits per heavy atom. The summed E-state index contributed by atoms with van der Waals surface area (Å²) in [5, 5.41) is 3.95. The van der Waals surface area contributed by atoms with Gasteiger partial charge in [0.2, 0.25) is 5.91 Å². The van der Waals surface area contributed by atoms with E-state index in [1.165, 1.54) is 0 Å². The maximum absolute atomic E-state index is 11.9. The second kappa shape index (κ2) is 8.57. The molecule has 0 atom stereocenters. The van der Waals surface area contributed by atoms with Crippen molar-refractivity contribution in [1.82, 2.24) is 5.43 Å². The van der Waals surface area contributed by atoms with E-state index in [1.54, 1.807) is 39.7 Å². The topological polar surface area (TPSA) is 69.2 Å². The highest BCUT2D eigenvalue weighted by Gasteiger charge is 2.07. The second-order valence-corrected chi connectivity index (χ2v) is 4.93. The molecule has 126 valence electrons. The summed E-state index contributed by atoms with van der Waals surface area (Å²) in [6.45, 7) is 0. The number of rotatable bonds is 7. The Bertz CT molecular complexity index is 711. The Morgan fingerprint density at radius 1 is 1.00 bits per heavy atom. The smallest absolute Gasteiger partial charge is 0.244 e. The van der Waals surface area contributed by atoms with Crippen molar-refractivity contribution in [2.75, 3.05) is 21.3 Å². The number of hydrogen-bond acceptors (Lipinski definition) is 5. The van der Waals surface area contributed by atoms with E-state index in [0.717, 1.165) is 16.9 Å². The minimum Gasteiger partial charge on any atom is -0.497 e. The average Bonchev–Trinajstić information content (AvgIpc) is 2.62. The lowest BCUT2D eigenvalue weighted by atomic mass is 10.1. The van der Waals surface area contributed by atoms with Gasteiger partial charge in [0.15, 0.2) is 11.5 Å². The molecule has 24 heavy (non-hydrogen) atoms. The number of methoxy groups -OCH3 is 3.